The molecule has 1 rings (SSSR count). The minimum atomic E-state index is -0.471. The maximum absolute atomic E-state index is 11.6. The van der Waals surface area contributed by atoms with Crippen LogP contribution in [-0.2, 0) is 9.53 Å². The Morgan fingerprint density at radius 3 is 2.53 bits per heavy atom. The molecule has 0 spiro atoms. The van der Waals surface area contributed by atoms with Gasteiger partial charge in [-0.1, -0.05) is 38.6 Å². The van der Waals surface area contributed by atoms with E-state index in [-0.39, 0.29) is 11.9 Å². The normalized spacial score (nSPS) is 12.0. The van der Waals surface area contributed by atoms with Crippen LogP contribution in [-0.4, -0.2) is 13.1 Å². The lowest BCUT2D eigenvalue weighted by atomic mass is 10.1. The Labute approximate surface area is 102 Å². The third-order valence-electron chi connectivity index (χ3n) is 2.37. The monoisotopic (exact) mass is 234 g/mol. The lowest BCUT2D eigenvalue weighted by Crippen LogP contribution is -2.15. The summed E-state index contributed by atoms with van der Waals surface area (Å²) in [6.07, 6.45) is 1.12. The first-order chi connectivity index (χ1) is 8.10. The predicted octanol–water partition coefficient (Wildman–Crippen LogP) is 3.12. The van der Waals surface area contributed by atoms with Crippen LogP contribution < -0.4 is 4.74 Å². The van der Waals surface area contributed by atoms with E-state index in [0.717, 1.165) is 5.56 Å². The van der Waals surface area contributed by atoms with Crippen LogP contribution in [0.3, 0.4) is 0 Å². The maximum Gasteiger partial charge on any atom is 0.309 e. The summed E-state index contributed by atoms with van der Waals surface area (Å²) in [5.41, 5.74) is 0.805. The van der Waals surface area contributed by atoms with Gasteiger partial charge in [0.1, 0.15) is 11.9 Å². The van der Waals surface area contributed by atoms with Gasteiger partial charge in [0.15, 0.2) is 0 Å². The summed E-state index contributed by atoms with van der Waals surface area (Å²) in [5, 5.41) is 0. The van der Waals surface area contributed by atoms with Crippen LogP contribution in [0.4, 0.5) is 0 Å². The van der Waals surface area contributed by atoms with Gasteiger partial charge < -0.3 is 9.47 Å². The van der Waals surface area contributed by atoms with Crippen molar-refractivity contribution < 1.29 is 14.3 Å². The molecule has 0 aliphatic heterocycles. The van der Waals surface area contributed by atoms with Crippen molar-refractivity contribution in [1.82, 2.24) is 0 Å². The molecule has 0 N–H and O–H groups in total. The van der Waals surface area contributed by atoms with Gasteiger partial charge in [0.25, 0.3) is 0 Å². The van der Waals surface area contributed by atoms with E-state index in [1.807, 2.05) is 24.3 Å². The summed E-state index contributed by atoms with van der Waals surface area (Å²) in [5.74, 6) is 0.280. The van der Waals surface area contributed by atoms with Gasteiger partial charge in [-0.15, -0.1) is 0 Å². The highest BCUT2D eigenvalue weighted by atomic mass is 16.5. The first kappa shape index (κ1) is 13.3. The minimum Gasteiger partial charge on any atom is -0.496 e. The second kappa shape index (κ2) is 6.09. The molecule has 0 radical (unpaired) electrons. The molecule has 3 heteroatoms. The molecule has 0 heterocycles. The van der Waals surface area contributed by atoms with Crippen molar-refractivity contribution in [2.24, 2.45) is 5.92 Å². The average molecular weight is 234 g/mol. The first-order valence-electron chi connectivity index (χ1n) is 5.56. The minimum absolute atomic E-state index is 0.160. The Bertz CT molecular complexity index is 396. The number of hydrogen-bond donors (Lipinski definition) is 0. The molecule has 3 nitrogen and oxygen atoms in total. The van der Waals surface area contributed by atoms with E-state index in [1.165, 1.54) is 0 Å². The fraction of sp³-hybridized carbons (Fsp3) is 0.357. The highest BCUT2D eigenvalue weighted by molar-refractivity contribution is 5.72. The molecule has 0 aliphatic carbocycles. The molecule has 0 amide bonds. The van der Waals surface area contributed by atoms with Gasteiger partial charge in [0.2, 0.25) is 0 Å². The molecule has 0 saturated heterocycles. The zero-order chi connectivity index (χ0) is 12.8. The number of esters is 1. The van der Waals surface area contributed by atoms with Crippen LogP contribution in [0.5, 0.6) is 5.75 Å². The summed E-state index contributed by atoms with van der Waals surface area (Å²) in [6.45, 7) is 7.29. The largest absolute Gasteiger partial charge is 0.496 e. The maximum atomic E-state index is 11.6. The average Bonchev–Trinajstić information content (AvgIpc) is 2.35. The Balaban J connectivity index is 2.93. The predicted molar refractivity (Wildman–Crippen MR) is 66.9 cm³/mol. The summed E-state index contributed by atoms with van der Waals surface area (Å²) in [7, 11) is 1.59. The molecule has 17 heavy (non-hydrogen) atoms. The van der Waals surface area contributed by atoms with Crippen LogP contribution in [0.2, 0.25) is 0 Å². The Morgan fingerprint density at radius 1 is 1.35 bits per heavy atom. The van der Waals surface area contributed by atoms with Gasteiger partial charge in [-0.05, 0) is 12.1 Å². The molecular weight excluding hydrogens is 216 g/mol. The molecule has 0 aliphatic rings. The molecule has 0 saturated carbocycles. The van der Waals surface area contributed by atoms with Crippen molar-refractivity contribution in [2.75, 3.05) is 7.11 Å². The molecule has 0 bridgehead atoms. The first-order valence-corrected chi connectivity index (χ1v) is 5.56. The smallest absolute Gasteiger partial charge is 0.309 e. The van der Waals surface area contributed by atoms with Gasteiger partial charge in [-0.25, -0.2) is 0 Å². The molecule has 92 valence electrons. The number of benzene rings is 1. The summed E-state index contributed by atoms with van der Waals surface area (Å²) < 4.78 is 10.6. The van der Waals surface area contributed by atoms with E-state index in [0.29, 0.717) is 5.75 Å². The van der Waals surface area contributed by atoms with Gasteiger partial charge in [-0.2, -0.15) is 0 Å². The fourth-order valence-corrected chi connectivity index (χ4v) is 1.40. The lowest BCUT2D eigenvalue weighted by Gasteiger charge is -2.18. The highest BCUT2D eigenvalue weighted by Gasteiger charge is 2.18. The Hall–Kier alpha value is -1.77. The van der Waals surface area contributed by atoms with Crippen molar-refractivity contribution in [2.45, 2.75) is 20.0 Å². The van der Waals surface area contributed by atoms with Crippen molar-refractivity contribution in [3.8, 4) is 5.75 Å². The van der Waals surface area contributed by atoms with Gasteiger partial charge in [0.05, 0.1) is 13.0 Å². The number of carbonyl (C=O) groups is 1. The third-order valence-corrected chi connectivity index (χ3v) is 2.37. The second-order valence-electron chi connectivity index (χ2n) is 3.99. The van der Waals surface area contributed by atoms with Crippen LogP contribution in [0.1, 0.15) is 25.5 Å². The summed E-state index contributed by atoms with van der Waals surface area (Å²) in [6, 6.07) is 7.43. The van der Waals surface area contributed by atoms with Gasteiger partial charge >= 0.3 is 5.97 Å². The van der Waals surface area contributed by atoms with Crippen molar-refractivity contribution in [1.29, 1.82) is 0 Å². The SMILES string of the molecule is C=C[C@@H](OC(=O)C(C)C)c1ccccc1OC. The molecule has 0 unspecified atom stereocenters. The second-order valence-corrected chi connectivity index (χ2v) is 3.99. The van der Waals surface area contributed by atoms with Gasteiger partial charge in [0, 0.05) is 5.56 Å². The van der Waals surface area contributed by atoms with E-state index in [9.17, 15) is 4.79 Å². The molecule has 0 aromatic heterocycles. The van der Waals surface area contributed by atoms with Crippen molar-refractivity contribution in [3.63, 3.8) is 0 Å². The number of methoxy groups -OCH3 is 1. The zero-order valence-electron chi connectivity index (χ0n) is 10.5. The number of carbonyl (C=O) groups excluding carboxylic acids is 1. The number of hydrogen-bond acceptors (Lipinski definition) is 3. The number of ether oxygens (including phenoxy) is 2. The third kappa shape index (κ3) is 3.34. The molecular formula is C14H18O3. The zero-order valence-corrected chi connectivity index (χ0v) is 10.5. The van der Waals surface area contributed by atoms with E-state index in [2.05, 4.69) is 6.58 Å². The standard InChI is InChI=1S/C14H18O3/c1-5-12(17-14(15)10(2)3)11-8-6-7-9-13(11)16-4/h5-10,12H,1H2,2-4H3/t12-/m1/s1. The summed E-state index contributed by atoms with van der Waals surface area (Å²) >= 11 is 0. The fourth-order valence-electron chi connectivity index (χ4n) is 1.40. The van der Waals surface area contributed by atoms with Crippen LogP contribution in [0, 0.1) is 5.92 Å². The summed E-state index contributed by atoms with van der Waals surface area (Å²) in [4.78, 5) is 11.6. The highest BCUT2D eigenvalue weighted by Crippen LogP contribution is 2.28. The van der Waals surface area contributed by atoms with Crippen molar-refractivity contribution in [3.05, 3.63) is 42.5 Å². The quantitative estimate of drug-likeness (QED) is 0.580. The van der Waals surface area contributed by atoms with Crippen LogP contribution >= 0.6 is 0 Å². The number of para-hydroxylation sites is 1. The van der Waals surface area contributed by atoms with E-state index >= 15 is 0 Å². The topological polar surface area (TPSA) is 35.5 Å². The van der Waals surface area contributed by atoms with E-state index in [4.69, 9.17) is 9.47 Å². The molecule has 1 atom stereocenters. The molecule has 1 aromatic rings. The lowest BCUT2D eigenvalue weighted by molar-refractivity contribution is -0.151. The van der Waals surface area contributed by atoms with Crippen molar-refractivity contribution >= 4 is 5.97 Å². The Kier molecular flexibility index (Phi) is 4.76. The molecule has 0 fully saturated rings. The van der Waals surface area contributed by atoms with E-state index < -0.39 is 6.10 Å². The van der Waals surface area contributed by atoms with E-state index in [1.54, 1.807) is 27.0 Å². The van der Waals surface area contributed by atoms with Crippen LogP contribution in [0.15, 0.2) is 36.9 Å². The number of rotatable bonds is 5. The Morgan fingerprint density at radius 2 is 2.00 bits per heavy atom. The van der Waals surface area contributed by atoms with Crippen LogP contribution in [0.25, 0.3) is 0 Å². The van der Waals surface area contributed by atoms with Gasteiger partial charge in [-0.3, -0.25) is 4.79 Å². The molecule has 1 aromatic carbocycles.